The van der Waals surface area contributed by atoms with Crippen LogP contribution in [0.2, 0.25) is 0 Å². The summed E-state index contributed by atoms with van der Waals surface area (Å²) in [5, 5.41) is 4.37. The van der Waals surface area contributed by atoms with Gasteiger partial charge in [0.15, 0.2) is 5.16 Å². The van der Waals surface area contributed by atoms with Gasteiger partial charge in [-0.3, -0.25) is 9.36 Å². The molecule has 4 rings (SSSR count). The maximum atomic E-state index is 13.2. The number of fused-ring (bicyclic) bond motifs is 1. The Labute approximate surface area is 201 Å². The van der Waals surface area contributed by atoms with E-state index < -0.39 is 0 Å². The number of nitrogens with zero attached hydrogens (tertiary/aromatic N) is 3. The molecule has 2 aromatic carbocycles. The van der Waals surface area contributed by atoms with Crippen LogP contribution in [-0.4, -0.2) is 34.4 Å². The fourth-order valence-corrected chi connectivity index (χ4v) is 5.22. The third-order valence-electron chi connectivity index (χ3n) is 5.04. The summed E-state index contributed by atoms with van der Waals surface area (Å²) >= 11 is 3.15. The molecule has 0 aliphatic rings. The van der Waals surface area contributed by atoms with Crippen LogP contribution < -0.4 is 10.3 Å². The summed E-state index contributed by atoms with van der Waals surface area (Å²) in [6.45, 7) is 5.20. The predicted octanol–water partition coefficient (Wildman–Crippen LogP) is 5.64. The molecule has 0 bridgehead atoms. The van der Waals surface area contributed by atoms with Crippen LogP contribution in [-0.2, 0) is 17.0 Å². The third kappa shape index (κ3) is 5.82. The van der Waals surface area contributed by atoms with E-state index in [4.69, 9.17) is 19.4 Å². The lowest BCUT2D eigenvalue weighted by atomic mass is 10.2. The molecular weight excluding hydrogens is 454 g/mol. The summed E-state index contributed by atoms with van der Waals surface area (Å²) in [6, 6.07) is 15.4. The fourth-order valence-electron chi connectivity index (χ4n) is 3.37. The molecule has 0 saturated carbocycles. The Kier molecular flexibility index (Phi) is 7.80. The molecule has 0 spiro atoms. The average Bonchev–Trinajstić information content (AvgIpc) is 3.31. The van der Waals surface area contributed by atoms with E-state index in [-0.39, 0.29) is 11.7 Å². The van der Waals surface area contributed by atoms with Crippen LogP contribution in [0.4, 0.5) is 0 Å². The first-order valence-corrected chi connectivity index (χ1v) is 12.7. The molecule has 0 unspecified atom stereocenters. The summed E-state index contributed by atoms with van der Waals surface area (Å²) in [5.41, 5.74) is 2.73. The van der Waals surface area contributed by atoms with Crippen molar-refractivity contribution in [3.8, 4) is 16.3 Å². The lowest BCUT2D eigenvalue weighted by Gasteiger charge is -2.13. The monoisotopic (exact) mass is 481 g/mol. The summed E-state index contributed by atoms with van der Waals surface area (Å²) < 4.78 is 12.7. The molecule has 0 N–H and O–H groups in total. The van der Waals surface area contributed by atoms with Crippen LogP contribution in [0.25, 0.3) is 21.5 Å². The van der Waals surface area contributed by atoms with Gasteiger partial charge in [0.25, 0.3) is 5.56 Å². The van der Waals surface area contributed by atoms with E-state index in [1.54, 1.807) is 34.8 Å². The lowest BCUT2D eigenvalue weighted by Crippen LogP contribution is -2.24. The molecule has 0 fully saturated rings. The SMILES string of the molecule is COc1ccc(-c2nc(CSc3nc4ccccc4c(=O)n3CCCOC(C)C)cs2)cc1. The molecule has 0 atom stereocenters. The Hall–Kier alpha value is -2.68. The quantitative estimate of drug-likeness (QED) is 0.166. The van der Waals surface area contributed by atoms with Crippen LogP contribution >= 0.6 is 23.1 Å². The van der Waals surface area contributed by atoms with Crippen LogP contribution in [0.15, 0.2) is 63.9 Å². The van der Waals surface area contributed by atoms with Gasteiger partial charge in [-0.1, -0.05) is 23.9 Å². The molecule has 33 heavy (non-hydrogen) atoms. The van der Waals surface area contributed by atoms with Crippen molar-refractivity contribution >= 4 is 34.0 Å². The van der Waals surface area contributed by atoms with Gasteiger partial charge < -0.3 is 9.47 Å². The van der Waals surface area contributed by atoms with Crippen molar-refractivity contribution in [3.05, 3.63) is 70.0 Å². The minimum Gasteiger partial charge on any atom is -0.497 e. The first-order valence-electron chi connectivity index (χ1n) is 10.9. The van der Waals surface area contributed by atoms with Crippen molar-refractivity contribution in [2.45, 2.75) is 43.8 Å². The second-order valence-electron chi connectivity index (χ2n) is 7.80. The topological polar surface area (TPSA) is 66.2 Å². The Morgan fingerprint density at radius 3 is 2.64 bits per heavy atom. The molecule has 0 amide bonds. The lowest BCUT2D eigenvalue weighted by molar-refractivity contribution is 0.0743. The Bertz CT molecular complexity index is 1270. The smallest absolute Gasteiger partial charge is 0.262 e. The van der Waals surface area contributed by atoms with Gasteiger partial charge in [-0.15, -0.1) is 11.3 Å². The van der Waals surface area contributed by atoms with E-state index in [1.807, 2.05) is 62.4 Å². The highest BCUT2D eigenvalue weighted by Gasteiger charge is 2.13. The van der Waals surface area contributed by atoms with Crippen molar-refractivity contribution in [2.75, 3.05) is 13.7 Å². The van der Waals surface area contributed by atoms with E-state index in [1.165, 1.54) is 0 Å². The molecule has 2 aromatic heterocycles. The van der Waals surface area contributed by atoms with E-state index in [9.17, 15) is 4.79 Å². The minimum absolute atomic E-state index is 0.00940. The summed E-state index contributed by atoms with van der Waals surface area (Å²) in [4.78, 5) is 22.8. The summed E-state index contributed by atoms with van der Waals surface area (Å²) in [5.74, 6) is 1.46. The Morgan fingerprint density at radius 2 is 1.88 bits per heavy atom. The van der Waals surface area contributed by atoms with Crippen molar-refractivity contribution in [3.63, 3.8) is 0 Å². The highest BCUT2D eigenvalue weighted by Crippen LogP contribution is 2.29. The number of thiazole rings is 1. The van der Waals surface area contributed by atoms with Crippen molar-refractivity contribution < 1.29 is 9.47 Å². The standard InChI is InChI=1S/C25H27N3O3S2/c1-17(2)31-14-6-13-28-24(29)21-7-4-5-8-22(21)27-25(28)33-16-19-15-32-23(26-19)18-9-11-20(30-3)12-10-18/h4-5,7-12,15,17H,6,13-14,16H2,1-3H3. The largest absolute Gasteiger partial charge is 0.497 e. The number of para-hydroxylation sites is 1. The van der Waals surface area contributed by atoms with Gasteiger partial charge in [0.2, 0.25) is 0 Å². The highest BCUT2D eigenvalue weighted by atomic mass is 32.2. The molecule has 172 valence electrons. The van der Waals surface area contributed by atoms with Crippen molar-refractivity contribution in [1.29, 1.82) is 0 Å². The molecule has 0 saturated heterocycles. The summed E-state index contributed by atoms with van der Waals surface area (Å²) in [7, 11) is 1.66. The average molecular weight is 482 g/mol. The van der Waals surface area contributed by atoms with Gasteiger partial charge in [0.1, 0.15) is 10.8 Å². The van der Waals surface area contributed by atoms with Gasteiger partial charge in [-0.25, -0.2) is 9.97 Å². The van der Waals surface area contributed by atoms with Gasteiger partial charge in [-0.2, -0.15) is 0 Å². The first-order chi connectivity index (χ1) is 16.0. The maximum Gasteiger partial charge on any atom is 0.262 e. The zero-order valence-corrected chi connectivity index (χ0v) is 20.6. The number of ether oxygens (including phenoxy) is 2. The highest BCUT2D eigenvalue weighted by molar-refractivity contribution is 7.98. The minimum atomic E-state index is -0.00940. The normalized spacial score (nSPS) is 11.4. The molecule has 0 aliphatic carbocycles. The zero-order valence-electron chi connectivity index (χ0n) is 19.0. The number of aromatic nitrogens is 3. The van der Waals surface area contributed by atoms with E-state index in [0.29, 0.717) is 29.4 Å². The van der Waals surface area contributed by atoms with Crippen LogP contribution in [0.5, 0.6) is 5.75 Å². The number of rotatable bonds is 10. The van der Waals surface area contributed by atoms with E-state index in [0.717, 1.165) is 34.0 Å². The van der Waals surface area contributed by atoms with Crippen LogP contribution in [0, 0.1) is 0 Å². The second-order valence-corrected chi connectivity index (χ2v) is 9.60. The van der Waals surface area contributed by atoms with Gasteiger partial charge in [0, 0.05) is 29.8 Å². The molecule has 8 heteroatoms. The zero-order chi connectivity index (χ0) is 23.2. The molecule has 0 radical (unpaired) electrons. The molecule has 4 aromatic rings. The number of hydrogen-bond donors (Lipinski definition) is 0. The Balaban J connectivity index is 1.53. The molecular formula is C25H27N3O3S2. The van der Waals surface area contributed by atoms with Crippen LogP contribution in [0.1, 0.15) is 26.0 Å². The molecule has 2 heterocycles. The van der Waals surface area contributed by atoms with Gasteiger partial charge in [0.05, 0.1) is 29.8 Å². The van der Waals surface area contributed by atoms with Gasteiger partial charge in [-0.05, 0) is 56.7 Å². The molecule has 0 aliphatic heterocycles. The fraction of sp³-hybridized carbons (Fsp3) is 0.320. The van der Waals surface area contributed by atoms with Crippen molar-refractivity contribution in [1.82, 2.24) is 14.5 Å². The number of hydrogen-bond acceptors (Lipinski definition) is 7. The predicted molar refractivity (Wildman–Crippen MR) is 135 cm³/mol. The maximum absolute atomic E-state index is 13.2. The second kappa shape index (κ2) is 11.0. The third-order valence-corrected chi connectivity index (χ3v) is 6.99. The van der Waals surface area contributed by atoms with Crippen molar-refractivity contribution in [2.24, 2.45) is 0 Å². The van der Waals surface area contributed by atoms with E-state index >= 15 is 0 Å². The number of benzene rings is 2. The summed E-state index contributed by atoms with van der Waals surface area (Å²) in [6.07, 6.45) is 0.930. The van der Waals surface area contributed by atoms with Crippen LogP contribution in [0.3, 0.4) is 0 Å². The molecule has 6 nitrogen and oxygen atoms in total. The number of methoxy groups -OCH3 is 1. The number of thioether (sulfide) groups is 1. The van der Waals surface area contributed by atoms with E-state index in [2.05, 4.69) is 5.38 Å². The first kappa shape index (κ1) is 23.5. The van der Waals surface area contributed by atoms with Gasteiger partial charge >= 0.3 is 0 Å². The Morgan fingerprint density at radius 1 is 1.09 bits per heavy atom.